The third-order valence-corrected chi connectivity index (χ3v) is 7.49. The van der Waals surface area contributed by atoms with Gasteiger partial charge in [0, 0.05) is 62.3 Å². The third-order valence-electron chi connectivity index (χ3n) is 7.09. The molecule has 0 radical (unpaired) electrons. The molecule has 0 spiro atoms. The minimum Gasteiger partial charge on any atom is -0.491 e. The number of hydrogen-bond acceptors (Lipinski definition) is 6. The van der Waals surface area contributed by atoms with Gasteiger partial charge in [0.1, 0.15) is 11.3 Å². The minimum absolute atomic E-state index is 0.0203. The summed E-state index contributed by atoms with van der Waals surface area (Å²) in [4.78, 5) is 14.4. The van der Waals surface area contributed by atoms with Crippen LogP contribution < -0.4 is 10.6 Å². The van der Waals surface area contributed by atoms with Crippen molar-refractivity contribution in [3.8, 4) is 0 Å². The number of hydrogen-bond donors (Lipinski definition) is 2. The molecule has 220 valence electrons. The van der Waals surface area contributed by atoms with E-state index in [4.69, 9.17) is 17.0 Å². The zero-order valence-corrected chi connectivity index (χ0v) is 23.8. The number of anilines is 1. The molecular weight excluding hydrogens is 543 g/mol. The van der Waals surface area contributed by atoms with Gasteiger partial charge in [-0.25, -0.2) is 0 Å². The Morgan fingerprint density at radius 2 is 1.85 bits per heavy atom. The lowest BCUT2D eigenvalue weighted by atomic mass is 9.92. The number of piperazine rings is 1. The first-order valence-electron chi connectivity index (χ1n) is 13.6. The molecule has 40 heavy (non-hydrogen) atoms. The lowest BCUT2D eigenvalue weighted by molar-refractivity contribution is -0.388. The van der Waals surface area contributed by atoms with E-state index in [1.807, 2.05) is 25.2 Å². The smallest absolute Gasteiger partial charge is 0.423 e. The molecule has 1 aliphatic carbocycles. The van der Waals surface area contributed by atoms with Crippen molar-refractivity contribution in [2.75, 3.05) is 38.0 Å². The fraction of sp³-hybridized carbons (Fsp3) is 0.536. The molecule has 8 nitrogen and oxygen atoms in total. The number of benzene rings is 1. The van der Waals surface area contributed by atoms with Crippen molar-refractivity contribution in [1.29, 1.82) is 0 Å². The quantitative estimate of drug-likeness (QED) is 0.111. The summed E-state index contributed by atoms with van der Waals surface area (Å²) in [5.74, 6) is 0.749. The first kappa shape index (κ1) is 31.3. The first-order valence-corrected chi connectivity index (χ1v) is 14.0. The van der Waals surface area contributed by atoms with Gasteiger partial charge >= 0.3 is 6.18 Å². The highest BCUT2D eigenvalue weighted by Gasteiger charge is 2.38. The third kappa shape index (κ3) is 8.61. The van der Waals surface area contributed by atoms with E-state index in [1.165, 1.54) is 6.07 Å². The van der Waals surface area contributed by atoms with Crippen LogP contribution in [0.1, 0.15) is 51.5 Å². The molecule has 2 fully saturated rings. The van der Waals surface area contributed by atoms with Gasteiger partial charge in [-0.2, -0.15) is 13.2 Å². The molecule has 0 unspecified atom stereocenters. The van der Waals surface area contributed by atoms with Crippen LogP contribution in [0.2, 0.25) is 0 Å². The van der Waals surface area contributed by atoms with Crippen molar-refractivity contribution < 1.29 is 22.8 Å². The van der Waals surface area contributed by atoms with Gasteiger partial charge in [-0.15, -0.1) is 0 Å². The molecule has 1 saturated carbocycles. The standard InChI is InChI=1S/C28H38F3N5O3S/c1-4-13-32-27(40)35-16-14-34(15-17-35)22(5-2)19-23(6-3)39-24-10-7-20(8-11-24)33-21-9-12-26(36(37)38)25(18-21)28(29,30)31/h5-6,9,12,18-20,24,33H,2,4,7-8,10-11,13-17H2,1,3H3,(H,32,40)/b22-19+,23-6+/t20-,24-. The maximum atomic E-state index is 13.3. The number of ether oxygens (including phenoxy) is 1. The van der Waals surface area contributed by atoms with E-state index in [0.717, 1.165) is 80.7 Å². The Bertz CT molecular complexity index is 1110. The summed E-state index contributed by atoms with van der Waals surface area (Å²) in [6.45, 7) is 12.2. The summed E-state index contributed by atoms with van der Waals surface area (Å²) in [6, 6.07) is 2.99. The highest BCUT2D eigenvalue weighted by Crippen LogP contribution is 2.38. The molecular formula is C28H38F3N5O3S. The normalized spacial score (nSPS) is 20.6. The predicted octanol–water partition coefficient (Wildman–Crippen LogP) is 6.23. The molecule has 2 N–H and O–H groups in total. The van der Waals surface area contributed by atoms with Crippen LogP contribution in [-0.2, 0) is 10.9 Å². The van der Waals surface area contributed by atoms with Crippen molar-refractivity contribution in [1.82, 2.24) is 15.1 Å². The number of nitro groups is 1. The van der Waals surface area contributed by atoms with Crippen molar-refractivity contribution >= 4 is 28.7 Å². The summed E-state index contributed by atoms with van der Waals surface area (Å²) in [7, 11) is 0. The van der Waals surface area contributed by atoms with Gasteiger partial charge in [0.05, 0.1) is 11.0 Å². The molecule has 0 aromatic heterocycles. The number of nitrogens with zero attached hydrogens (tertiary/aromatic N) is 3. The SMILES string of the molecule is C=C/C(=C\C(=C/C)O[C@H]1CC[C@H](Nc2ccc([N+](=O)[O-])c(C(F)(F)F)c2)CC1)N1CCN(C(=S)NCCC)CC1. The van der Waals surface area contributed by atoms with Crippen molar-refractivity contribution in [3.05, 3.63) is 70.1 Å². The van der Waals surface area contributed by atoms with Gasteiger partial charge in [0.25, 0.3) is 5.69 Å². The topological polar surface area (TPSA) is 82.9 Å². The number of halogens is 3. The second kappa shape index (κ2) is 14.4. The molecule has 1 saturated heterocycles. The second-order valence-electron chi connectivity index (χ2n) is 9.89. The van der Waals surface area contributed by atoms with Crippen LogP contribution in [0.4, 0.5) is 24.5 Å². The molecule has 0 amide bonds. The minimum atomic E-state index is -4.81. The van der Waals surface area contributed by atoms with Gasteiger partial charge in [-0.3, -0.25) is 10.1 Å². The number of nitro benzene ring substituents is 1. The maximum Gasteiger partial charge on any atom is 0.423 e. The van der Waals surface area contributed by atoms with Crippen LogP contribution in [-0.4, -0.2) is 64.7 Å². The first-order chi connectivity index (χ1) is 19.0. The maximum absolute atomic E-state index is 13.3. The second-order valence-corrected chi connectivity index (χ2v) is 10.3. The van der Waals surface area contributed by atoms with E-state index in [1.54, 1.807) is 0 Å². The molecule has 0 bridgehead atoms. The fourth-order valence-electron chi connectivity index (χ4n) is 4.89. The number of rotatable bonds is 10. The van der Waals surface area contributed by atoms with Crippen LogP contribution in [0.15, 0.2) is 54.5 Å². The van der Waals surface area contributed by atoms with Crippen molar-refractivity contribution in [2.45, 2.75) is 64.3 Å². The van der Waals surface area contributed by atoms with Crippen molar-refractivity contribution in [2.24, 2.45) is 0 Å². The Morgan fingerprint density at radius 3 is 2.40 bits per heavy atom. The Balaban J connectivity index is 1.53. The summed E-state index contributed by atoms with van der Waals surface area (Å²) in [6.07, 6.45) is 4.80. The predicted molar refractivity (Wildman–Crippen MR) is 155 cm³/mol. The molecule has 1 heterocycles. The fourth-order valence-corrected chi connectivity index (χ4v) is 5.17. The van der Waals surface area contributed by atoms with E-state index < -0.39 is 22.4 Å². The average molecular weight is 582 g/mol. The highest BCUT2D eigenvalue weighted by molar-refractivity contribution is 7.80. The van der Waals surface area contributed by atoms with Gasteiger partial charge in [-0.1, -0.05) is 13.5 Å². The monoisotopic (exact) mass is 581 g/mol. The molecule has 12 heteroatoms. The molecule has 1 aliphatic heterocycles. The Morgan fingerprint density at radius 1 is 1.20 bits per heavy atom. The molecule has 1 aromatic carbocycles. The molecule has 2 aliphatic rings. The molecule has 0 atom stereocenters. The van der Waals surface area contributed by atoms with Gasteiger partial charge < -0.3 is 25.2 Å². The number of allylic oxidation sites excluding steroid dienone is 3. The van der Waals surface area contributed by atoms with Gasteiger partial charge in [0.2, 0.25) is 0 Å². The number of thiocarbonyl (C=S) groups is 1. The molecule has 3 rings (SSSR count). The average Bonchev–Trinajstić information content (AvgIpc) is 2.94. The van der Waals surface area contributed by atoms with Crippen LogP contribution in [0.5, 0.6) is 0 Å². The largest absolute Gasteiger partial charge is 0.491 e. The van der Waals surface area contributed by atoms with E-state index in [-0.39, 0.29) is 17.8 Å². The van der Waals surface area contributed by atoms with Crippen LogP contribution >= 0.6 is 12.2 Å². The Kier molecular flexibility index (Phi) is 11.2. The van der Waals surface area contributed by atoms with Crippen LogP contribution in [0.3, 0.4) is 0 Å². The van der Waals surface area contributed by atoms with Crippen LogP contribution in [0.25, 0.3) is 0 Å². The lowest BCUT2D eigenvalue weighted by Gasteiger charge is -2.38. The van der Waals surface area contributed by atoms with Gasteiger partial charge in [-0.05, 0) is 75.5 Å². The van der Waals surface area contributed by atoms with E-state index in [0.29, 0.717) is 12.8 Å². The Labute approximate surface area is 239 Å². The zero-order valence-electron chi connectivity index (χ0n) is 23.0. The summed E-state index contributed by atoms with van der Waals surface area (Å²) in [5.41, 5.74) is -0.999. The molecule has 1 aromatic rings. The summed E-state index contributed by atoms with van der Waals surface area (Å²) >= 11 is 5.49. The number of nitrogens with one attached hydrogen (secondary N) is 2. The van der Waals surface area contributed by atoms with E-state index in [9.17, 15) is 23.3 Å². The summed E-state index contributed by atoms with van der Waals surface area (Å²) in [5, 5.41) is 18.2. The van der Waals surface area contributed by atoms with E-state index >= 15 is 0 Å². The number of alkyl halides is 3. The summed E-state index contributed by atoms with van der Waals surface area (Å²) < 4.78 is 46.3. The lowest BCUT2D eigenvalue weighted by Crippen LogP contribution is -2.51. The van der Waals surface area contributed by atoms with E-state index in [2.05, 4.69) is 33.9 Å². The highest BCUT2D eigenvalue weighted by atomic mass is 32.1. The zero-order chi connectivity index (χ0) is 29.3. The van der Waals surface area contributed by atoms with Crippen molar-refractivity contribution in [3.63, 3.8) is 0 Å². The Hall–Kier alpha value is -3.28. The van der Waals surface area contributed by atoms with Crippen LogP contribution in [0, 0.1) is 10.1 Å². The van der Waals surface area contributed by atoms with Gasteiger partial charge in [0.15, 0.2) is 5.11 Å².